The van der Waals surface area contributed by atoms with E-state index in [2.05, 4.69) is 50.2 Å². The molecule has 0 radical (unpaired) electrons. The zero-order valence-corrected chi connectivity index (χ0v) is 35.3. The normalized spacial score (nSPS) is 23.6. The average Bonchev–Trinajstić information content (AvgIpc) is 4.09. The Morgan fingerprint density at radius 1 is 0.729 bits per heavy atom. The third kappa shape index (κ3) is 9.77. The molecule has 59 heavy (non-hydrogen) atoms. The standard InChI is InChI=1S/C44H63N9O6/c1-26(2)37(50-43(56)47-32-18-22-59-23-19-32)41(54)52-20-6-8-35(52)39-45-24-33(48-39)30-14-10-28(11-15-30)29-12-16-31(17-13-29)34-25-46-40(49-34)36-9-7-21-53(36)42(55)38(27(3)4)51-44(57)58-5/h12-13,16-17,24-28,30,32,35-38H,6-11,14-15,18-23H2,1-5H3,(H,45,48)(H,46,49)(H,51,57)(H2,47,50,56)/t28-,30-,35-,36-,37+,38-/m0/s1. The van der Waals surface area contributed by atoms with Gasteiger partial charge in [0.2, 0.25) is 11.8 Å². The Labute approximate surface area is 347 Å². The number of likely N-dealkylation sites (tertiary alicyclic amines) is 2. The Kier molecular flexibility index (Phi) is 13.6. The second kappa shape index (κ2) is 19.0. The molecule has 0 spiro atoms. The van der Waals surface area contributed by atoms with Crippen LogP contribution < -0.4 is 16.0 Å². The lowest BCUT2D eigenvalue weighted by atomic mass is 9.77. The first-order valence-corrected chi connectivity index (χ1v) is 21.8. The summed E-state index contributed by atoms with van der Waals surface area (Å²) in [5, 5.41) is 8.73. The van der Waals surface area contributed by atoms with Gasteiger partial charge in [0.25, 0.3) is 0 Å². The number of alkyl carbamates (subject to hydrolysis) is 1. The van der Waals surface area contributed by atoms with Crippen molar-refractivity contribution in [3.63, 3.8) is 0 Å². The number of imidazole rings is 2. The van der Waals surface area contributed by atoms with Gasteiger partial charge in [-0.05, 0) is 93.1 Å². The number of aromatic nitrogens is 4. The molecule has 320 valence electrons. The first-order chi connectivity index (χ1) is 28.5. The molecule has 7 rings (SSSR count). The lowest BCUT2D eigenvalue weighted by molar-refractivity contribution is -0.136. The number of hydrogen-bond donors (Lipinski definition) is 5. The topological polar surface area (TPSA) is 187 Å². The maximum atomic E-state index is 13.9. The van der Waals surface area contributed by atoms with Crippen LogP contribution in [0.2, 0.25) is 0 Å². The van der Waals surface area contributed by atoms with Crippen molar-refractivity contribution < 1.29 is 28.7 Å². The molecule has 1 aromatic carbocycles. The van der Waals surface area contributed by atoms with E-state index >= 15 is 0 Å². The van der Waals surface area contributed by atoms with E-state index in [1.165, 1.54) is 12.7 Å². The summed E-state index contributed by atoms with van der Waals surface area (Å²) in [7, 11) is 1.30. The summed E-state index contributed by atoms with van der Waals surface area (Å²) >= 11 is 0. The van der Waals surface area contributed by atoms with Crippen LogP contribution in [-0.2, 0) is 19.1 Å². The van der Waals surface area contributed by atoms with E-state index in [9.17, 15) is 19.2 Å². The van der Waals surface area contributed by atoms with Gasteiger partial charge < -0.3 is 45.2 Å². The number of methoxy groups -OCH3 is 1. The number of carbonyl (C=O) groups excluding carboxylic acids is 4. The fraction of sp³-hybridized carbons (Fsp3) is 0.636. The Hall–Kier alpha value is -4.92. The van der Waals surface area contributed by atoms with E-state index in [1.807, 2.05) is 49.9 Å². The molecule has 0 bridgehead atoms. The zero-order chi connectivity index (χ0) is 41.6. The summed E-state index contributed by atoms with van der Waals surface area (Å²) in [6, 6.07) is 6.92. The first kappa shape index (κ1) is 42.2. The molecule has 4 atom stereocenters. The number of urea groups is 1. The summed E-state index contributed by atoms with van der Waals surface area (Å²) in [5.41, 5.74) is 4.42. The molecule has 3 aliphatic heterocycles. The summed E-state index contributed by atoms with van der Waals surface area (Å²) in [5.74, 6) is 2.11. The number of hydrogen-bond acceptors (Lipinski definition) is 8. The molecular weight excluding hydrogens is 751 g/mol. The Morgan fingerprint density at radius 2 is 1.29 bits per heavy atom. The van der Waals surface area contributed by atoms with Crippen LogP contribution in [0.5, 0.6) is 0 Å². The van der Waals surface area contributed by atoms with Crippen LogP contribution >= 0.6 is 0 Å². The summed E-state index contributed by atoms with van der Waals surface area (Å²) in [6.45, 7) is 10.3. The number of carbonyl (C=O) groups is 4. The van der Waals surface area contributed by atoms with Crippen LogP contribution in [0, 0.1) is 11.8 Å². The van der Waals surface area contributed by atoms with Crippen molar-refractivity contribution >= 4 is 23.9 Å². The number of aromatic amines is 2. The molecule has 15 heteroatoms. The number of nitrogens with one attached hydrogen (secondary N) is 5. The van der Waals surface area contributed by atoms with Crippen molar-refractivity contribution in [3.05, 3.63) is 59.6 Å². The molecule has 1 aliphatic carbocycles. The van der Waals surface area contributed by atoms with Gasteiger partial charge in [0.05, 0.1) is 31.1 Å². The van der Waals surface area contributed by atoms with Crippen LogP contribution in [0.15, 0.2) is 36.7 Å². The van der Waals surface area contributed by atoms with Crippen molar-refractivity contribution in [1.29, 1.82) is 0 Å². The smallest absolute Gasteiger partial charge is 0.407 e. The largest absolute Gasteiger partial charge is 0.453 e. The molecule has 4 fully saturated rings. The molecular formula is C44H63N9O6. The van der Waals surface area contributed by atoms with Crippen molar-refractivity contribution in [2.24, 2.45) is 11.8 Å². The Morgan fingerprint density at radius 3 is 1.88 bits per heavy atom. The number of amides is 5. The number of H-pyrrole nitrogens is 2. The van der Waals surface area contributed by atoms with E-state index in [1.54, 1.807) is 0 Å². The van der Waals surface area contributed by atoms with E-state index in [0.29, 0.717) is 38.1 Å². The predicted octanol–water partition coefficient (Wildman–Crippen LogP) is 6.45. The lowest BCUT2D eigenvalue weighted by Crippen LogP contribution is -2.55. The van der Waals surface area contributed by atoms with Gasteiger partial charge in [0.15, 0.2) is 0 Å². The number of ether oxygens (including phenoxy) is 2. The van der Waals surface area contributed by atoms with Crippen LogP contribution in [-0.4, -0.2) is 105 Å². The molecule has 2 aromatic heterocycles. The predicted molar refractivity (Wildman–Crippen MR) is 222 cm³/mol. The molecule has 15 nitrogen and oxygen atoms in total. The van der Waals surface area contributed by atoms with Crippen LogP contribution in [0.4, 0.5) is 9.59 Å². The van der Waals surface area contributed by atoms with Gasteiger partial charge in [-0.2, -0.15) is 0 Å². The highest BCUT2D eigenvalue weighted by Gasteiger charge is 2.39. The third-order valence-corrected chi connectivity index (χ3v) is 12.9. The van der Waals surface area contributed by atoms with Gasteiger partial charge >= 0.3 is 12.1 Å². The summed E-state index contributed by atoms with van der Waals surface area (Å²) in [6.07, 6.45) is 12.4. The molecule has 3 aromatic rings. The number of nitrogens with zero attached hydrogens (tertiary/aromatic N) is 4. The van der Waals surface area contributed by atoms with Gasteiger partial charge in [-0.25, -0.2) is 19.6 Å². The molecule has 0 unspecified atom stereocenters. The summed E-state index contributed by atoms with van der Waals surface area (Å²) < 4.78 is 10.2. The highest BCUT2D eigenvalue weighted by Crippen LogP contribution is 2.41. The van der Waals surface area contributed by atoms with Crippen molar-refractivity contribution in [3.8, 4) is 11.3 Å². The Balaban J connectivity index is 0.922. The van der Waals surface area contributed by atoms with Gasteiger partial charge in [0.1, 0.15) is 23.7 Å². The third-order valence-electron chi connectivity index (χ3n) is 12.9. The molecule has 5 heterocycles. The van der Waals surface area contributed by atoms with E-state index in [0.717, 1.165) is 92.8 Å². The summed E-state index contributed by atoms with van der Waals surface area (Å²) in [4.78, 5) is 72.8. The van der Waals surface area contributed by atoms with Crippen molar-refractivity contribution in [2.75, 3.05) is 33.4 Å². The maximum Gasteiger partial charge on any atom is 0.407 e. The van der Waals surface area contributed by atoms with E-state index < -0.39 is 18.2 Å². The quantitative estimate of drug-likeness (QED) is 0.138. The van der Waals surface area contributed by atoms with Crippen LogP contribution in [0.3, 0.4) is 0 Å². The number of rotatable bonds is 12. The fourth-order valence-corrected chi connectivity index (χ4v) is 9.46. The van der Waals surface area contributed by atoms with Crippen LogP contribution in [0.1, 0.15) is 139 Å². The van der Waals surface area contributed by atoms with Crippen molar-refractivity contribution in [2.45, 2.75) is 134 Å². The second-order valence-corrected chi connectivity index (χ2v) is 17.5. The van der Waals surface area contributed by atoms with E-state index in [-0.39, 0.29) is 47.8 Å². The van der Waals surface area contributed by atoms with Gasteiger partial charge in [-0.1, -0.05) is 52.0 Å². The van der Waals surface area contributed by atoms with Crippen molar-refractivity contribution in [1.82, 2.24) is 45.7 Å². The molecule has 3 saturated heterocycles. The van der Waals surface area contributed by atoms with Crippen LogP contribution in [0.25, 0.3) is 11.3 Å². The molecule has 1 saturated carbocycles. The van der Waals surface area contributed by atoms with Gasteiger partial charge in [0, 0.05) is 50.2 Å². The fourth-order valence-electron chi connectivity index (χ4n) is 9.46. The average molecular weight is 814 g/mol. The molecule has 5 amide bonds. The van der Waals surface area contributed by atoms with Gasteiger partial charge in [-0.3, -0.25) is 9.59 Å². The SMILES string of the molecule is COC(=O)N[C@H](C(=O)N1CCC[C@H]1c1ncc(-c2ccc([C@H]3CC[C@H](c4cnc([C@@H]5CCCN5C(=O)[C@H](NC(=O)NC5CCOCC5)C(C)C)[nH]4)CC3)cc2)[nH]1)C(C)C. The van der Waals surface area contributed by atoms with E-state index in [4.69, 9.17) is 19.4 Å². The maximum absolute atomic E-state index is 13.9. The lowest BCUT2D eigenvalue weighted by Gasteiger charge is -2.31. The second-order valence-electron chi connectivity index (χ2n) is 17.5. The zero-order valence-electron chi connectivity index (χ0n) is 35.3. The molecule has 4 aliphatic rings. The minimum atomic E-state index is -0.673. The van der Waals surface area contributed by atoms with Gasteiger partial charge in [-0.15, -0.1) is 0 Å². The highest BCUT2D eigenvalue weighted by molar-refractivity contribution is 5.88. The monoisotopic (exact) mass is 813 g/mol. The minimum Gasteiger partial charge on any atom is -0.453 e. The molecule has 5 N–H and O–H groups in total. The minimum absolute atomic E-state index is 0.0549. The number of benzene rings is 1. The Bertz CT molecular complexity index is 1900. The first-order valence-electron chi connectivity index (χ1n) is 21.8. The highest BCUT2D eigenvalue weighted by atomic mass is 16.5.